The summed E-state index contributed by atoms with van der Waals surface area (Å²) in [6.07, 6.45) is 1.72. The molecule has 1 aromatic rings. The fourth-order valence-electron chi connectivity index (χ4n) is 1.95. The number of aliphatic carboxylic acids is 1. The summed E-state index contributed by atoms with van der Waals surface area (Å²) >= 11 is 0. The lowest BCUT2D eigenvalue weighted by Crippen LogP contribution is -2.35. The molecule has 1 unspecified atom stereocenters. The van der Waals surface area contributed by atoms with Crippen LogP contribution in [0.5, 0.6) is 0 Å². The van der Waals surface area contributed by atoms with Crippen molar-refractivity contribution in [2.75, 3.05) is 11.4 Å². The third kappa shape index (κ3) is 1.58. The number of benzene rings is 1. The van der Waals surface area contributed by atoms with Gasteiger partial charge in [0, 0.05) is 12.2 Å². The van der Waals surface area contributed by atoms with E-state index in [1.807, 2.05) is 35.2 Å². The van der Waals surface area contributed by atoms with Gasteiger partial charge in [-0.15, -0.1) is 0 Å². The van der Waals surface area contributed by atoms with Gasteiger partial charge in [-0.2, -0.15) is 0 Å². The Bertz CT molecular complexity index is 323. The van der Waals surface area contributed by atoms with Gasteiger partial charge in [0.1, 0.15) is 6.04 Å². The summed E-state index contributed by atoms with van der Waals surface area (Å²) in [6, 6.07) is 9.40. The molecule has 14 heavy (non-hydrogen) atoms. The van der Waals surface area contributed by atoms with Crippen molar-refractivity contribution in [2.45, 2.75) is 18.9 Å². The predicted octanol–water partition coefficient (Wildman–Crippen LogP) is 1.74. The smallest absolute Gasteiger partial charge is 0.326 e. The summed E-state index contributed by atoms with van der Waals surface area (Å²) in [5.41, 5.74) is 1.01. The van der Waals surface area contributed by atoms with Gasteiger partial charge in [0.15, 0.2) is 0 Å². The molecule has 1 heterocycles. The first-order chi connectivity index (χ1) is 6.79. The van der Waals surface area contributed by atoms with Crippen molar-refractivity contribution < 1.29 is 9.90 Å². The lowest BCUT2D eigenvalue weighted by atomic mass is 10.2. The molecule has 1 fully saturated rings. The van der Waals surface area contributed by atoms with Crippen molar-refractivity contribution >= 4 is 11.7 Å². The number of para-hydroxylation sites is 1. The number of hydrogen-bond acceptors (Lipinski definition) is 2. The van der Waals surface area contributed by atoms with Crippen molar-refractivity contribution in [1.82, 2.24) is 0 Å². The van der Waals surface area contributed by atoms with Gasteiger partial charge in [0.25, 0.3) is 0 Å². The minimum absolute atomic E-state index is 0.336. The Morgan fingerprint density at radius 2 is 2.07 bits per heavy atom. The molecule has 0 amide bonds. The Morgan fingerprint density at radius 1 is 1.36 bits per heavy atom. The molecule has 3 heteroatoms. The standard InChI is InChI=1S/C11H13NO2/c13-11(14)10-7-4-8-12(10)9-5-2-1-3-6-9/h1-3,5-6,10H,4,7-8H2,(H,13,14). The van der Waals surface area contributed by atoms with Gasteiger partial charge in [-0.05, 0) is 25.0 Å². The average Bonchev–Trinajstić information content (AvgIpc) is 2.67. The predicted molar refractivity (Wildman–Crippen MR) is 54.4 cm³/mol. The molecule has 1 atom stereocenters. The molecular formula is C11H13NO2. The second kappa shape index (κ2) is 3.70. The second-order valence-electron chi connectivity index (χ2n) is 3.53. The van der Waals surface area contributed by atoms with Crippen LogP contribution in [0, 0.1) is 0 Å². The molecule has 1 saturated heterocycles. The first-order valence-corrected chi connectivity index (χ1v) is 4.83. The molecule has 0 bridgehead atoms. The zero-order chi connectivity index (χ0) is 9.97. The van der Waals surface area contributed by atoms with Gasteiger partial charge >= 0.3 is 5.97 Å². The highest BCUT2D eigenvalue weighted by Crippen LogP contribution is 2.24. The maximum atomic E-state index is 10.9. The zero-order valence-electron chi connectivity index (χ0n) is 7.89. The van der Waals surface area contributed by atoms with Crippen LogP contribution >= 0.6 is 0 Å². The van der Waals surface area contributed by atoms with Crippen LogP contribution < -0.4 is 4.90 Å². The van der Waals surface area contributed by atoms with Crippen LogP contribution in [0.3, 0.4) is 0 Å². The number of hydrogen-bond donors (Lipinski definition) is 1. The highest BCUT2D eigenvalue weighted by molar-refractivity contribution is 5.78. The summed E-state index contributed by atoms with van der Waals surface area (Å²) in [7, 11) is 0. The quantitative estimate of drug-likeness (QED) is 0.774. The van der Waals surface area contributed by atoms with Crippen molar-refractivity contribution in [3.8, 4) is 0 Å². The minimum atomic E-state index is -0.716. The van der Waals surface area contributed by atoms with Gasteiger partial charge in [-0.1, -0.05) is 18.2 Å². The van der Waals surface area contributed by atoms with E-state index >= 15 is 0 Å². The summed E-state index contributed by atoms with van der Waals surface area (Å²) in [6.45, 7) is 0.848. The molecule has 1 aliphatic rings. The maximum absolute atomic E-state index is 10.9. The number of nitrogens with zero attached hydrogens (tertiary/aromatic N) is 1. The molecule has 0 aliphatic carbocycles. The van der Waals surface area contributed by atoms with Gasteiger partial charge in [-0.25, -0.2) is 4.79 Å². The van der Waals surface area contributed by atoms with E-state index < -0.39 is 5.97 Å². The Kier molecular flexibility index (Phi) is 2.39. The monoisotopic (exact) mass is 191 g/mol. The number of carboxylic acid groups (broad SMARTS) is 1. The first-order valence-electron chi connectivity index (χ1n) is 4.83. The van der Waals surface area contributed by atoms with Crippen LogP contribution in [-0.2, 0) is 4.79 Å². The Morgan fingerprint density at radius 3 is 2.71 bits per heavy atom. The summed E-state index contributed by atoms with van der Waals surface area (Å²) in [5.74, 6) is -0.716. The first kappa shape index (κ1) is 9.06. The van der Waals surface area contributed by atoms with E-state index in [0.717, 1.165) is 25.1 Å². The van der Waals surface area contributed by atoms with Crippen molar-refractivity contribution in [3.05, 3.63) is 30.3 Å². The third-order valence-electron chi connectivity index (χ3n) is 2.63. The zero-order valence-corrected chi connectivity index (χ0v) is 7.89. The van der Waals surface area contributed by atoms with E-state index in [1.165, 1.54) is 0 Å². The molecule has 0 spiro atoms. The molecule has 74 valence electrons. The molecule has 2 rings (SSSR count). The Hall–Kier alpha value is -1.51. The van der Waals surface area contributed by atoms with E-state index in [2.05, 4.69) is 0 Å². The van der Waals surface area contributed by atoms with E-state index in [4.69, 9.17) is 5.11 Å². The van der Waals surface area contributed by atoms with Crippen LogP contribution in [0.2, 0.25) is 0 Å². The van der Waals surface area contributed by atoms with Crippen molar-refractivity contribution in [1.29, 1.82) is 0 Å². The second-order valence-corrected chi connectivity index (χ2v) is 3.53. The van der Waals surface area contributed by atoms with Crippen LogP contribution in [0.15, 0.2) is 30.3 Å². The van der Waals surface area contributed by atoms with Crippen LogP contribution in [0.25, 0.3) is 0 Å². The minimum Gasteiger partial charge on any atom is -0.480 e. The fourth-order valence-corrected chi connectivity index (χ4v) is 1.95. The highest BCUT2D eigenvalue weighted by atomic mass is 16.4. The topological polar surface area (TPSA) is 40.5 Å². The Balaban J connectivity index is 2.22. The van der Waals surface area contributed by atoms with Gasteiger partial charge in [-0.3, -0.25) is 0 Å². The van der Waals surface area contributed by atoms with Crippen molar-refractivity contribution in [2.24, 2.45) is 0 Å². The highest BCUT2D eigenvalue weighted by Gasteiger charge is 2.30. The number of rotatable bonds is 2. The Labute approximate surface area is 83.0 Å². The largest absolute Gasteiger partial charge is 0.480 e. The molecule has 3 nitrogen and oxygen atoms in total. The molecule has 0 radical (unpaired) electrons. The van der Waals surface area contributed by atoms with E-state index in [0.29, 0.717) is 0 Å². The van der Waals surface area contributed by atoms with Gasteiger partial charge in [0.2, 0.25) is 0 Å². The number of anilines is 1. The van der Waals surface area contributed by atoms with E-state index in [9.17, 15) is 4.79 Å². The number of carbonyl (C=O) groups is 1. The van der Waals surface area contributed by atoms with E-state index in [-0.39, 0.29) is 6.04 Å². The van der Waals surface area contributed by atoms with Gasteiger partial charge < -0.3 is 10.0 Å². The van der Waals surface area contributed by atoms with Crippen LogP contribution in [0.4, 0.5) is 5.69 Å². The van der Waals surface area contributed by atoms with E-state index in [1.54, 1.807) is 0 Å². The lowest BCUT2D eigenvalue weighted by molar-refractivity contribution is -0.138. The third-order valence-corrected chi connectivity index (χ3v) is 2.63. The normalized spacial score (nSPS) is 21.1. The maximum Gasteiger partial charge on any atom is 0.326 e. The fraction of sp³-hybridized carbons (Fsp3) is 0.364. The van der Waals surface area contributed by atoms with Crippen LogP contribution in [0.1, 0.15) is 12.8 Å². The molecule has 1 N–H and O–H groups in total. The summed E-state index contributed by atoms with van der Waals surface area (Å²) < 4.78 is 0. The lowest BCUT2D eigenvalue weighted by Gasteiger charge is -2.23. The van der Waals surface area contributed by atoms with Crippen molar-refractivity contribution in [3.63, 3.8) is 0 Å². The number of carboxylic acids is 1. The molecular weight excluding hydrogens is 178 g/mol. The summed E-state index contributed by atoms with van der Waals surface area (Å²) in [4.78, 5) is 12.9. The van der Waals surface area contributed by atoms with Gasteiger partial charge in [0.05, 0.1) is 0 Å². The average molecular weight is 191 g/mol. The molecule has 0 saturated carbocycles. The SMILES string of the molecule is O=C(O)C1CCCN1c1ccccc1. The molecule has 1 aliphatic heterocycles. The molecule has 0 aromatic heterocycles. The summed E-state index contributed by atoms with van der Waals surface area (Å²) in [5, 5.41) is 9.00. The van der Waals surface area contributed by atoms with Crippen LogP contribution in [-0.4, -0.2) is 23.7 Å². The molecule has 1 aromatic carbocycles.